The van der Waals surface area contributed by atoms with E-state index in [1.54, 1.807) is 36.4 Å². The van der Waals surface area contributed by atoms with Gasteiger partial charge in [-0.1, -0.05) is 54.6 Å². The number of piperidine rings is 1. The summed E-state index contributed by atoms with van der Waals surface area (Å²) in [5, 5.41) is 12.3. The lowest BCUT2D eigenvalue weighted by atomic mass is 9.88. The standard InChI is InChI=1S/C25H23NO4/c27-24(28)20-10-6-17(7-11-20)18-8-12-21(13-9-18)25(29)30-23-16-26-15-14-22(23)19-4-2-1-3-5-19/h1-13,22-23,26H,14-16H2,(H,27,28)/t22-,23+/m0/s1. The molecule has 5 nitrogen and oxygen atoms in total. The van der Waals surface area contributed by atoms with E-state index in [4.69, 9.17) is 9.84 Å². The summed E-state index contributed by atoms with van der Waals surface area (Å²) in [6.07, 6.45) is 0.713. The van der Waals surface area contributed by atoms with Gasteiger partial charge in [-0.25, -0.2) is 9.59 Å². The third-order valence-corrected chi connectivity index (χ3v) is 5.50. The van der Waals surface area contributed by atoms with E-state index in [0.29, 0.717) is 12.1 Å². The number of esters is 1. The van der Waals surface area contributed by atoms with Crippen molar-refractivity contribution < 1.29 is 19.4 Å². The minimum atomic E-state index is -0.953. The SMILES string of the molecule is O=C(O)c1ccc(-c2ccc(C(=O)O[C@@H]3CNCC[C@H]3c3ccccc3)cc2)cc1. The Kier molecular flexibility index (Phi) is 5.91. The highest BCUT2D eigenvalue weighted by molar-refractivity contribution is 5.90. The minimum Gasteiger partial charge on any atom is -0.478 e. The number of rotatable bonds is 5. The van der Waals surface area contributed by atoms with Crippen LogP contribution in [0.3, 0.4) is 0 Å². The van der Waals surface area contributed by atoms with Gasteiger partial charge in [0.2, 0.25) is 0 Å². The van der Waals surface area contributed by atoms with Crippen LogP contribution in [0.1, 0.15) is 38.6 Å². The van der Waals surface area contributed by atoms with Crippen molar-refractivity contribution >= 4 is 11.9 Å². The summed E-state index contributed by atoms with van der Waals surface area (Å²) in [5.41, 5.74) is 3.73. The fourth-order valence-corrected chi connectivity index (χ4v) is 3.84. The van der Waals surface area contributed by atoms with Crippen molar-refractivity contribution in [3.05, 3.63) is 95.6 Å². The summed E-state index contributed by atoms with van der Waals surface area (Å²) in [5.74, 6) is -1.11. The van der Waals surface area contributed by atoms with Crippen LogP contribution in [0, 0.1) is 0 Å². The van der Waals surface area contributed by atoms with Gasteiger partial charge in [0.25, 0.3) is 0 Å². The second kappa shape index (κ2) is 8.93. The summed E-state index contributed by atoms with van der Waals surface area (Å²) in [4.78, 5) is 23.7. The van der Waals surface area contributed by atoms with Crippen LogP contribution in [0.2, 0.25) is 0 Å². The first-order valence-electron chi connectivity index (χ1n) is 10.0. The van der Waals surface area contributed by atoms with Crippen molar-refractivity contribution in [2.45, 2.75) is 18.4 Å². The van der Waals surface area contributed by atoms with Gasteiger partial charge >= 0.3 is 11.9 Å². The van der Waals surface area contributed by atoms with Gasteiger partial charge in [0.05, 0.1) is 11.1 Å². The molecule has 4 rings (SSSR count). The highest BCUT2D eigenvalue weighted by Crippen LogP contribution is 2.28. The number of carbonyl (C=O) groups is 2. The lowest BCUT2D eigenvalue weighted by Gasteiger charge is -2.32. The molecule has 3 aromatic carbocycles. The Balaban J connectivity index is 1.46. The molecule has 1 aliphatic rings. The number of hydrogen-bond acceptors (Lipinski definition) is 4. The average Bonchev–Trinajstić information content (AvgIpc) is 2.80. The Morgan fingerprint density at radius 3 is 2.03 bits per heavy atom. The zero-order chi connectivity index (χ0) is 20.9. The fraction of sp³-hybridized carbons (Fsp3) is 0.200. The first-order valence-corrected chi connectivity index (χ1v) is 10.0. The summed E-state index contributed by atoms with van der Waals surface area (Å²) >= 11 is 0. The zero-order valence-corrected chi connectivity index (χ0v) is 16.5. The van der Waals surface area contributed by atoms with Crippen LogP contribution in [0.15, 0.2) is 78.9 Å². The van der Waals surface area contributed by atoms with Crippen LogP contribution in [0.4, 0.5) is 0 Å². The summed E-state index contributed by atoms with van der Waals surface area (Å²) < 4.78 is 5.87. The number of carboxylic acids is 1. The van der Waals surface area contributed by atoms with Crippen LogP contribution in [-0.2, 0) is 4.74 Å². The van der Waals surface area contributed by atoms with Gasteiger partial charge in [0.15, 0.2) is 0 Å². The van der Waals surface area contributed by atoms with E-state index in [1.807, 2.05) is 30.3 Å². The van der Waals surface area contributed by atoms with E-state index in [-0.39, 0.29) is 23.6 Å². The molecule has 0 radical (unpaired) electrons. The third kappa shape index (κ3) is 4.42. The van der Waals surface area contributed by atoms with Crippen LogP contribution in [0.5, 0.6) is 0 Å². The number of nitrogens with one attached hydrogen (secondary N) is 1. The highest BCUT2D eigenvalue weighted by atomic mass is 16.5. The molecule has 2 N–H and O–H groups in total. The van der Waals surface area contributed by atoms with Crippen LogP contribution in [0.25, 0.3) is 11.1 Å². The Bertz CT molecular complexity index is 1010. The lowest BCUT2D eigenvalue weighted by Crippen LogP contribution is -2.42. The maximum atomic E-state index is 12.7. The predicted octanol–water partition coefficient (Wildman–Crippen LogP) is 4.35. The highest BCUT2D eigenvalue weighted by Gasteiger charge is 2.29. The molecule has 0 aliphatic carbocycles. The molecule has 5 heteroatoms. The van der Waals surface area contributed by atoms with Gasteiger partial charge in [-0.15, -0.1) is 0 Å². The Labute approximate surface area is 175 Å². The monoisotopic (exact) mass is 401 g/mol. The predicted molar refractivity (Wildman–Crippen MR) is 115 cm³/mol. The Hall–Kier alpha value is -3.44. The number of carbonyl (C=O) groups excluding carboxylic acids is 1. The van der Waals surface area contributed by atoms with Gasteiger partial charge in [-0.05, 0) is 53.9 Å². The van der Waals surface area contributed by atoms with Crippen molar-refractivity contribution in [3.8, 4) is 11.1 Å². The average molecular weight is 401 g/mol. The first-order chi connectivity index (χ1) is 14.6. The van der Waals surface area contributed by atoms with Gasteiger partial charge in [0.1, 0.15) is 6.10 Å². The van der Waals surface area contributed by atoms with E-state index in [1.165, 1.54) is 5.56 Å². The summed E-state index contributed by atoms with van der Waals surface area (Å²) in [7, 11) is 0. The second-order valence-electron chi connectivity index (χ2n) is 7.41. The van der Waals surface area contributed by atoms with Gasteiger partial charge in [0, 0.05) is 12.5 Å². The molecule has 1 saturated heterocycles. The number of aromatic carboxylic acids is 1. The molecule has 0 unspecified atom stereocenters. The molecule has 30 heavy (non-hydrogen) atoms. The molecule has 3 aromatic rings. The number of ether oxygens (including phenoxy) is 1. The quantitative estimate of drug-likeness (QED) is 0.622. The first kappa shape index (κ1) is 19.9. The van der Waals surface area contributed by atoms with Crippen LogP contribution in [-0.4, -0.2) is 36.2 Å². The molecule has 0 spiro atoms. The van der Waals surface area contributed by atoms with E-state index in [2.05, 4.69) is 17.4 Å². The topological polar surface area (TPSA) is 75.6 Å². The van der Waals surface area contributed by atoms with E-state index >= 15 is 0 Å². The maximum absolute atomic E-state index is 12.7. The number of benzene rings is 3. The Morgan fingerprint density at radius 1 is 0.833 bits per heavy atom. The second-order valence-corrected chi connectivity index (χ2v) is 7.41. The molecular formula is C25H23NO4. The van der Waals surface area contributed by atoms with Gasteiger partial charge in [-0.3, -0.25) is 0 Å². The van der Waals surface area contributed by atoms with E-state index in [0.717, 1.165) is 24.1 Å². The number of carboxylic acid groups (broad SMARTS) is 1. The maximum Gasteiger partial charge on any atom is 0.338 e. The minimum absolute atomic E-state index is 0.184. The van der Waals surface area contributed by atoms with Crippen molar-refractivity contribution in [1.29, 1.82) is 0 Å². The fourth-order valence-electron chi connectivity index (χ4n) is 3.84. The molecule has 0 aromatic heterocycles. The van der Waals surface area contributed by atoms with Crippen molar-refractivity contribution in [1.82, 2.24) is 5.32 Å². The summed E-state index contributed by atoms with van der Waals surface area (Å²) in [6, 6.07) is 24.0. The largest absolute Gasteiger partial charge is 0.478 e. The van der Waals surface area contributed by atoms with E-state index in [9.17, 15) is 9.59 Å². The zero-order valence-electron chi connectivity index (χ0n) is 16.5. The molecule has 1 aliphatic heterocycles. The number of hydrogen-bond donors (Lipinski definition) is 2. The summed E-state index contributed by atoms with van der Waals surface area (Å²) in [6.45, 7) is 1.54. The van der Waals surface area contributed by atoms with Crippen LogP contribution < -0.4 is 5.32 Å². The molecule has 2 atom stereocenters. The molecule has 1 fully saturated rings. The molecule has 1 heterocycles. The van der Waals surface area contributed by atoms with E-state index < -0.39 is 5.97 Å². The molecular weight excluding hydrogens is 378 g/mol. The molecule has 0 amide bonds. The third-order valence-electron chi connectivity index (χ3n) is 5.50. The van der Waals surface area contributed by atoms with Gasteiger partial charge in [-0.2, -0.15) is 0 Å². The van der Waals surface area contributed by atoms with Gasteiger partial charge < -0.3 is 15.2 Å². The Morgan fingerprint density at radius 2 is 1.43 bits per heavy atom. The van der Waals surface area contributed by atoms with Crippen molar-refractivity contribution in [2.24, 2.45) is 0 Å². The smallest absolute Gasteiger partial charge is 0.338 e. The van der Waals surface area contributed by atoms with Crippen molar-refractivity contribution in [3.63, 3.8) is 0 Å². The normalized spacial score (nSPS) is 18.5. The molecule has 0 bridgehead atoms. The molecule has 0 saturated carbocycles. The van der Waals surface area contributed by atoms with Crippen molar-refractivity contribution in [2.75, 3.05) is 13.1 Å². The lowest BCUT2D eigenvalue weighted by molar-refractivity contribution is 0.0182. The van der Waals surface area contributed by atoms with Crippen LogP contribution >= 0.6 is 0 Å². The molecule has 152 valence electrons.